The Hall–Kier alpha value is -3.07. The lowest BCUT2D eigenvalue weighted by atomic mass is 9.33. The number of hydrogen-bond acceptors (Lipinski definition) is 7. The average molecular weight is 772 g/mol. The molecule has 1 heterocycles. The molecule has 56 heavy (non-hydrogen) atoms. The monoisotopic (exact) mass is 772 g/mol. The van der Waals surface area contributed by atoms with Crippen LogP contribution in [0.5, 0.6) is 0 Å². The van der Waals surface area contributed by atoms with Crippen LogP contribution in [0.4, 0.5) is 0 Å². The first-order valence-electron chi connectivity index (χ1n) is 21.6. The summed E-state index contributed by atoms with van der Waals surface area (Å²) < 4.78 is 6.42. The molecule has 6 aliphatic carbocycles. The van der Waals surface area contributed by atoms with Gasteiger partial charge >= 0.3 is 11.9 Å². The van der Waals surface area contributed by atoms with Crippen molar-refractivity contribution in [2.75, 3.05) is 0 Å². The van der Waals surface area contributed by atoms with E-state index in [0.29, 0.717) is 31.2 Å². The van der Waals surface area contributed by atoms with Crippen molar-refractivity contribution in [3.63, 3.8) is 0 Å². The zero-order valence-corrected chi connectivity index (χ0v) is 36.1. The van der Waals surface area contributed by atoms with Gasteiger partial charge in [-0.15, -0.1) is 0 Å². The fourth-order valence-electron chi connectivity index (χ4n) is 14.2. The summed E-state index contributed by atoms with van der Waals surface area (Å²) in [6, 6.07) is 5.79. The third-order valence-corrected chi connectivity index (χ3v) is 17.8. The molecule has 6 aliphatic rings. The standard InChI is InChI=1S/C47H69N3O6/c1-27(2)36-32(51)25-47(50-40(55)43(7,8)49-26-28-14-12-13-23-48-28)22-21-45(10)29(37(36)47)15-16-34-44(9)19-18-35(42(5,6)33(44)17-20-46(34,45)11)56-39(54)31-24-30(38(52)53)41(31,3)4/h12-14,23,27,29-31,33-35,49H,15-22,24-26H2,1-11H3,(H,50,55)(H,52,53)/t29-,30+,31-,33+,34-,35+,44+,45-,46-,47-/m1/s1. The number of Topliss-reactive ketones (excluding diaryl/α,β-unsaturated/α-hetero) is 1. The summed E-state index contributed by atoms with van der Waals surface area (Å²) in [5.74, 6) is -0.716. The summed E-state index contributed by atoms with van der Waals surface area (Å²) in [6.45, 7) is 24.6. The van der Waals surface area contributed by atoms with Gasteiger partial charge in [0.05, 0.1) is 28.6 Å². The van der Waals surface area contributed by atoms with E-state index in [2.05, 4.69) is 64.1 Å². The van der Waals surface area contributed by atoms with Crippen LogP contribution in [0.2, 0.25) is 0 Å². The second-order valence-electron chi connectivity index (χ2n) is 21.8. The minimum absolute atomic E-state index is 0.0307. The molecule has 7 rings (SSSR count). The SMILES string of the molecule is CC(C)C1=C2[C@H]3CC[C@@H]4[C@@]5(C)CC[C@H](OC(=O)[C@H]6C[C@@H](C(=O)O)C6(C)C)C(C)(C)[C@@H]5CC[C@@]4(C)[C@]3(C)CC[C@@]2(NC(=O)C(C)(C)NCc2ccccn2)CC1=O. The van der Waals surface area contributed by atoms with Gasteiger partial charge < -0.3 is 15.2 Å². The number of carboxylic acids is 1. The molecule has 9 heteroatoms. The molecule has 0 aliphatic heterocycles. The summed E-state index contributed by atoms with van der Waals surface area (Å²) in [6.07, 6.45) is 9.96. The average Bonchev–Trinajstić information content (AvgIpc) is 3.40. The largest absolute Gasteiger partial charge is 0.481 e. The van der Waals surface area contributed by atoms with Crippen molar-refractivity contribution < 1.29 is 29.0 Å². The van der Waals surface area contributed by atoms with Crippen molar-refractivity contribution in [1.29, 1.82) is 0 Å². The topological polar surface area (TPSA) is 135 Å². The number of nitrogens with one attached hydrogen (secondary N) is 2. The first-order chi connectivity index (χ1) is 26.0. The van der Waals surface area contributed by atoms with Gasteiger partial charge in [-0.3, -0.25) is 29.5 Å². The van der Waals surface area contributed by atoms with Gasteiger partial charge in [0.15, 0.2) is 5.78 Å². The zero-order chi connectivity index (χ0) is 41.0. The molecule has 1 aromatic heterocycles. The van der Waals surface area contributed by atoms with Gasteiger partial charge in [0.25, 0.3) is 0 Å². The number of carbonyl (C=O) groups is 4. The van der Waals surface area contributed by atoms with Crippen LogP contribution in [0.1, 0.15) is 146 Å². The summed E-state index contributed by atoms with van der Waals surface area (Å²) in [4.78, 5) is 58.3. The molecular weight excluding hydrogens is 703 g/mol. The van der Waals surface area contributed by atoms with Gasteiger partial charge in [-0.2, -0.15) is 0 Å². The first-order valence-corrected chi connectivity index (χ1v) is 21.6. The number of nitrogens with zero attached hydrogens (tertiary/aromatic N) is 1. The van der Waals surface area contributed by atoms with E-state index in [1.807, 2.05) is 45.9 Å². The molecule has 5 saturated carbocycles. The molecule has 9 nitrogen and oxygen atoms in total. The molecule has 3 N–H and O–H groups in total. The van der Waals surface area contributed by atoms with Crippen molar-refractivity contribution in [2.24, 2.45) is 62.6 Å². The van der Waals surface area contributed by atoms with Gasteiger partial charge in [-0.25, -0.2) is 0 Å². The van der Waals surface area contributed by atoms with Crippen LogP contribution in [0.3, 0.4) is 0 Å². The maximum Gasteiger partial charge on any atom is 0.309 e. The number of esters is 1. The predicted octanol–water partition coefficient (Wildman–Crippen LogP) is 8.46. The van der Waals surface area contributed by atoms with Crippen molar-refractivity contribution in [3.05, 3.63) is 41.2 Å². The molecule has 1 aromatic rings. The van der Waals surface area contributed by atoms with Crippen LogP contribution >= 0.6 is 0 Å². The number of aliphatic carboxylic acids is 1. The summed E-state index contributed by atoms with van der Waals surface area (Å²) >= 11 is 0. The fraction of sp³-hybridized carbons (Fsp3) is 0.766. The number of rotatable bonds is 9. The van der Waals surface area contributed by atoms with Crippen LogP contribution in [-0.2, 0) is 30.5 Å². The number of amides is 1. The summed E-state index contributed by atoms with van der Waals surface area (Å²) in [7, 11) is 0. The number of aromatic nitrogens is 1. The Morgan fingerprint density at radius 3 is 2.23 bits per heavy atom. The zero-order valence-electron chi connectivity index (χ0n) is 36.1. The number of carbonyl (C=O) groups excluding carboxylic acids is 3. The lowest BCUT2D eigenvalue weighted by molar-refractivity contribution is -0.235. The number of pyridine rings is 1. The molecule has 5 fully saturated rings. The first kappa shape index (κ1) is 41.1. The van der Waals surface area contributed by atoms with Crippen molar-refractivity contribution in [3.8, 4) is 0 Å². The highest BCUT2D eigenvalue weighted by Gasteiger charge is 2.70. The highest BCUT2D eigenvalue weighted by molar-refractivity contribution is 6.02. The highest BCUT2D eigenvalue weighted by atomic mass is 16.5. The minimum Gasteiger partial charge on any atom is -0.481 e. The molecular formula is C47H69N3O6. The van der Waals surface area contributed by atoms with Gasteiger partial charge in [0.2, 0.25) is 5.91 Å². The van der Waals surface area contributed by atoms with E-state index in [-0.39, 0.29) is 63.2 Å². The lowest BCUT2D eigenvalue weighted by Gasteiger charge is -2.72. The summed E-state index contributed by atoms with van der Waals surface area (Å²) in [5.41, 5.74) is 0.724. The van der Waals surface area contributed by atoms with E-state index in [1.54, 1.807) is 6.20 Å². The molecule has 0 unspecified atom stereocenters. The van der Waals surface area contributed by atoms with Crippen LogP contribution in [-0.4, -0.2) is 50.9 Å². The number of ether oxygens (including phenoxy) is 1. The molecule has 0 bridgehead atoms. The van der Waals surface area contributed by atoms with Crippen molar-refractivity contribution >= 4 is 23.6 Å². The maximum atomic E-state index is 14.3. The van der Waals surface area contributed by atoms with Gasteiger partial charge in [0, 0.05) is 24.6 Å². The number of allylic oxidation sites excluding steroid dienone is 1. The number of carboxylic acid groups (broad SMARTS) is 1. The van der Waals surface area contributed by atoms with Gasteiger partial charge in [0.1, 0.15) is 6.10 Å². The van der Waals surface area contributed by atoms with E-state index in [0.717, 1.165) is 62.6 Å². The van der Waals surface area contributed by atoms with Crippen LogP contribution in [0, 0.1) is 62.6 Å². The van der Waals surface area contributed by atoms with Crippen LogP contribution in [0.15, 0.2) is 35.5 Å². The Bertz CT molecular complexity index is 1820. The van der Waals surface area contributed by atoms with Crippen molar-refractivity contribution in [2.45, 2.75) is 164 Å². The van der Waals surface area contributed by atoms with E-state index in [4.69, 9.17) is 4.74 Å². The second-order valence-corrected chi connectivity index (χ2v) is 21.8. The third-order valence-electron chi connectivity index (χ3n) is 17.8. The molecule has 0 radical (unpaired) electrons. The molecule has 0 spiro atoms. The van der Waals surface area contributed by atoms with E-state index < -0.39 is 28.4 Å². The fourth-order valence-corrected chi connectivity index (χ4v) is 14.2. The molecule has 308 valence electrons. The Kier molecular flexibility index (Phi) is 9.90. The highest BCUT2D eigenvalue weighted by Crippen LogP contribution is 2.76. The predicted molar refractivity (Wildman–Crippen MR) is 216 cm³/mol. The Morgan fingerprint density at radius 2 is 1.61 bits per heavy atom. The Morgan fingerprint density at radius 1 is 0.893 bits per heavy atom. The normalized spacial score (nSPS) is 39.8. The number of hydrogen-bond donors (Lipinski definition) is 3. The summed E-state index contributed by atoms with van der Waals surface area (Å²) in [5, 5.41) is 16.7. The second kappa shape index (κ2) is 13.5. The van der Waals surface area contributed by atoms with E-state index in [9.17, 15) is 24.3 Å². The number of ketones is 1. The quantitative estimate of drug-likeness (QED) is 0.213. The smallest absolute Gasteiger partial charge is 0.309 e. The molecule has 0 saturated heterocycles. The van der Waals surface area contributed by atoms with Gasteiger partial charge in [-0.05, 0) is 140 Å². The van der Waals surface area contributed by atoms with Crippen LogP contribution in [0.25, 0.3) is 0 Å². The lowest BCUT2D eigenvalue weighted by Crippen LogP contribution is -2.68. The maximum absolute atomic E-state index is 14.3. The molecule has 1 amide bonds. The van der Waals surface area contributed by atoms with E-state index in [1.165, 1.54) is 5.57 Å². The Balaban J connectivity index is 1.13. The molecule has 0 aromatic carbocycles. The van der Waals surface area contributed by atoms with E-state index >= 15 is 0 Å². The minimum atomic E-state index is -0.868. The third kappa shape index (κ3) is 5.96. The van der Waals surface area contributed by atoms with Crippen molar-refractivity contribution in [1.82, 2.24) is 15.6 Å². The number of fused-ring (bicyclic) bond motifs is 7. The molecule has 10 atom stereocenters. The Labute approximate surface area is 335 Å². The van der Waals surface area contributed by atoms with Crippen LogP contribution < -0.4 is 10.6 Å². The van der Waals surface area contributed by atoms with Gasteiger partial charge in [-0.1, -0.05) is 68.4 Å².